The number of allylic oxidation sites excluding steroid dienone is 1. The minimum absolute atomic E-state index is 0.141. The molecule has 1 atom stereocenters. The molecule has 0 saturated heterocycles. The van der Waals surface area contributed by atoms with Crippen molar-refractivity contribution >= 4 is 34.7 Å². The highest BCUT2D eigenvalue weighted by molar-refractivity contribution is 7.10. The number of ether oxygens (including phenoxy) is 2. The molecule has 154 valence electrons. The minimum atomic E-state index is -0.561. The number of hydrogen-bond donors (Lipinski definition) is 0. The molecule has 1 aliphatic rings. The van der Waals surface area contributed by atoms with E-state index < -0.39 is 12.0 Å². The maximum atomic E-state index is 13.4. The fraction of sp³-hybridized carbons (Fsp3) is 0.227. The Morgan fingerprint density at radius 3 is 2.70 bits per heavy atom. The maximum absolute atomic E-state index is 13.4. The van der Waals surface area contributed by atoms with Crippen molar-refractivity contribution in [2.24, 2.45) is 4.99 Å². The third kappa shape index (κ3) is 3.94. The van der Waals surface area contributed by atoms with E-state index >= 15 is 0 Å². The van der Waals surface area contributed by atoms with Gasteiger partial charge in [0.15, 0.2) is 4.80 Å². The number of thiazole rings is 1. The fourth-order valence-electron chi connectivity index (χ4n) is 3.29. The Hall–Kier alpha value is -2.81. The Labute approximate surface area is 181 Å². The Balaban J connectivity index is 1.86. The molecule has 6 nitrogen and oxygen atoms in total. The zero-order valence-electron chi connectivity index (χ0n) is 16.5. The van der Waals surface area contributed by atoms with Gasteiger partial charge < -0.3 is 9.47 Å². The second kappa shape index (κ2) is 8.91. The van der Waals surface area contributed by atoms with Gasteiger partial charge in [0.1, 0.15) is 12.6 Å². The number of nitrogens with zero attached hydrogens (tertiary/aromatic N) is 2. The molecule has 3 aromatic rings. The molecule has 30 heavy (non-hydrogen) atoms. The molecule has 3 heterocycles. The summed E-state index contributed by atoms with van der Waals surface area (Å²) in [5, 5.41) is 1.93. The van der Waals surface area contributed by atoms with E-state index in [4.69, 9.17) is 9.47 Å². The van der Waals surface area contributed by atoms with Gasteiger partial charge in [0, 0.05) is 12.0 Å². The average molecular weight is 441 g/mol. The van der Waals surface area contributed by atoms with Crippen LogP contribution in [-0.2, 0) is 14.3 Å². The largest absolute Gasteiger partial charge is 0.460 e. The fourth-order valence-corrected chi connectivity index (χ4v) is 5.16. The first-order chi connectivity index (χ1) is 14.6. The molecule has 4 rings (SSSR count). The number of carbonyl (C=O) groups excluding carboxylic acids is 1. The van der Waals surface area contributed by atoms with Gasteiger partial charge in [0.2, 0.25) is 0 Å². The summed E-state index contributed by atoms with van der Waals surface area (Å²) in [6, 6.07) is 12.9. The second-order valence-corrected chi connectivity index (χ2v) is 8.62. The standard InChI is InChI=1S/C22H20N2O4S2/c1-14-18(21(26)28-11-10-27-2)19(16-9-6-12-29-16)24-20(25)17(30-22(24)23-14)13-15-7-4-3-5-8-15/h3-9,12-13,19H,10-11H2,1-2H3/b17-13+/t19-/m1/s1. The number of carbonyl (C=O) groups is 1. The molecule has 2 aromatic heterocycles. The minimum Gasteiger partial charge on any atom is -0.460 e. The van der Waals surface area contributed by atoms with Gasteiger partial charge in [-0.3, -0.25) is 9.36 Å². The summed E-state index contributed by atoms with van der Waals surface area (Å²) in [6.45, 7) is 2.22. The normalized spacial score (nSPS) is 16.3. The summed E-state index contributed by atoms with van der Waals surface area (Å²) in [4.78, 5) is 32.3. The lowest BCUT2D eigenvalue weighted by atomic mass is 10.0. The lowest BCUT2D eigenvalue weighted by molar-refractivity contribution is -0.140. The molecule has 0 amide bonds. The Morgan fingerprint density at radius 2 is 2.00 bits per heavy atom. The first-order valence-corrected chi connectivity index (χ1v) is 11.1. The van der Waals surface area contributed by atoms with Gasteiger partial charge in [0.25, 0.3) is 5.56 Å². The predicted octanol–water partition coefficient (Wildman–Crippen LogP) is 2.49. The lowest BCUT2D eigenvalue weighted by Crippen LogP contribution is -2.39. The number of rotatable bonds is 6. The number of hydrogen-bond acceptors (Lipinski definition) is 7. The molecular formula is C22H20N2O4S2. The average Bonchev–Trinajstić information content (AvgIpc) is 3.37. The third-order valence-electron chi connectivity index (χ3n) is 4.67. The molecule has 0 unspecified atom stereocenters. The summed E-state index contributed by atoms with van der Waals surface area (Å²) in [7, 11) is 1.55. The first-order valence-electron chi connectivity index (χ1n) is 9.37. The van der Waals surface area contributed by atoms with Crippen LogP contribution in [0.3, 0.4) is 0 Å². The van der Waals surface area contributed by atoms with Gasteiger partial charge >= 0.3 is 5.97 Å². The number of methoxy groups -OCH3 is 1. The van der Waals surface area contributed by atoms with Gasteiger partial charge in [-0.2, -0.15) is 0 Å². The van der Waals surface area contributed by atoms with E-state index in [0.29, 0.717) is 27.2 Å². The van der Waals surface area contributed by atoms with E-state index in [2.05, 4.69) is 4.99 Å². The summed E-state index contributed by atoms with van der Waals surface area (Å²) < 4.78 is 12.5. The number of benzene rings is 1. The summed E-state index contributed by atoms with van der Waals surface area (Å²) in [6.07, 6.45) is 1.85. The molecule has 0 radical (unpaired) electrons. The Bertz CT molecular complexity index is 1250. The highest BCUT2D eigenvalue weighted by atomic mass is 32.1. The third-order valence-corrected chi connectivity index (χ3v) is 6.58. The van der Waals surface area contributed by atoms with E-state index in [-0.39, 0.29) is 12.2 Å². The maximum Gasteiger partial charge on any atom is 0.338 e. The summed E-state index contributed by atoms with van der Waals surface area (Å²) in [5.41, 5.74) is 1.71. The van der Waals surface area contributed by atoms with Gasteiger partial charge in [0.05, 0.1) is 22.4 Å². The SMILES string of the molecule is COCCOC(=O)C1=C(C)N=c2s/c(=C/c3ccccc3)c(=O)n2[C@@H]1c1cccs1. The topological polar surface area (TPSA) is 69.9 Å². The molecule has 1 aromatic carbocycles. The number of fused-ring (bicyclic) bond motifs is 1. The lowest BCUT2D eigenvalue weighted by Gasteiger charge is -2.23. The zero-order valence-corrected chi connectivity index (χ0v) is 18.2. The first kappa shape index (κ1) is 20.5. The van der Waals surface area contributed by atoms with Crippen LogP contribution in [0.1, 0.15) is 23.4 Å². The summed E-state index contributed by atoms with van der Waals surface area (Å²) in [5.74, 6) is -0.482. The molecule has 0 spiro atoms. The van der Waals surface area contributed by atoms with Crippen molar-refractivity contribution < 1.29 is 14.3 Å². The van der Waals surface area contributed by atoms with E-state index in [0.717, 1.165) is 10.4 Å². The Kier molecular flexibility index (Phi) is 6.08. The zero-order chi connectivity index (χ0) is 21.1. The number of esters is 1. The summed E-state index contributed by atoms with van der Waals surface area (Å²) >= 11 is 2.82. The van der Waals surface area contributed by atoms with Crippen molar-refractivity contribution in [1.29, 1.82) is 0 Å². The van der Waals surface area contributed by atoms with Crippen LogP contribution in [0.4, 0.5) is 0 Å². The molecule has 0 aliphatic carbocycles. The van der Waals surface area contributed by atoms with Crippen LogP contribution in [0.15, 0.2) is 68.9 Å². The quantitative estimate of drug-likeness (QED) is 0.436. The van der Waals surface area contributed by atoms with Crippen LogP contribution >= 0.6 is 22.7 Å². The van der Waals surface area contributed by atoms with Crippen molar-refractivity contribution in [3.63, 3.8) is 0 Å². The van der Waals surface area contributed by atoms with E-state index in [1.54, 1.807) is 18.6 Å². The predicted molar refractivity (Wildman–Crippen MR) is 117 cm³/mol. The van der Waals surface area contributed by atoms with E-state index in [9.17, 15) is 9.59 Å². The van der Waals surface area contributed by atoms with Crippen LogP contribution in [0.5, 0.6) is 0 Å². The van der Waals surface area contributed by atoms with Gasteiger partial charge in [-0.05, 0) is 30.0 Å². The van der Waals surface area contributed by atoms with E-state index in [1.165, 1.54) is 22.7 Å². The molecule has 0 N–H and O–H groups in total. The van der Waals surface area contributed by atoms with Crippen molar-refractivity contribution in [1.82, 2.24) is 4.57 Å². The van der Waals surface area contributed by atoms with Crippen molar-refractivity contribution in [3.8, 4) is 0 Å². The van der Waals surface area contributed by atoms with E-state index in [1.807, 2.05) is 53.9 Å². The van der Waals surface area contributed by atoms with Gasteiger partial charge in [-0.1, -0.05) is 47.7 Å². The number of aromatic nitrogens is 1. The van der Waals surface area contributed by atoms with Crippen LogP contribution in [0, 0.1) is 0 Å². The molecule has 0 saturated carbocycles. The van der Waals surface area contributed by atoms with Gasteiger partial charge in [-0.25, -0.2) is 9.79 Å². The number of thiophene rings is 1. The molecule has 8 heteroatoms. The highest BCUT2D eigenvalue weighted by Gasteiger charge is 2.33. The second-order valence-electron chi connectivity index (χ2n) is 6.64. The van der Waals surface area contributed by atoms with Crippen LogP contribution in [-0.4, -0.2) is 30.9 Å². The molecule has 1 aliphatic heterocycles. The van der Waals surface area contributed by atoms with Gasteiger partial charge in [-0.15, -0.1) is 11.3 Å². The van der Waals surface area contributed by atoms with Crippen molar-refractivity contribution in [3.05, 3.63) is 89.2 Å². The molecule has 0 bridgehead atoms. The van der Waals surface area contributed by atoms with Crippen molar-refractivity contribution in [2.45, 2.75) is 13.0 Å². The van der Waals surface area contributed by atoms with Crippen LogP contribution in [0.2, 0.25) is 0 Å². The smallest absolute Gasteiger partial charge is 0.338 e. The van der Waals surface area contributed by atoms with Crippen LogP contribution in [0.25, 0.3) is 6.08 Å². The molecular weight excluding hydrogens is 420 g/mol. The van der Waals surface area contributed by atoms with Crippen LogP contribution < -0.4 is 14.9 Å². The highest BCUT2D eigenvalue weighted by Crippen LogP contribution is 2.33. The molecule has 0 fully saturated rings. The monoisotopic (exact) mass is 440 g/mol. The Morgan fingerprint density at radius 1 is 1.20 bits per heavy atom. The van der Waals surface area contributed by atoms with Crippen molar-refractivity contribution in [2.75, 3.05) is 20.3 Å².